The molecule has 3 rings (SSSR count). The van der Waals surface area contributed by atoms with E-state index in [0.717, 1.165) is 24.5 Å². The molecule has 1 aliphatic heterocycles. The van der Waals surface area contributed by atoms with Gasteiger partial charge in [0.05, 0.1) is 6.54 Å². The standard InChI is InChI=1S/C16H23NO3/c1-18-14-5-3-2-4-13(14)17-9-8-12-6-7-15-16(10-12)20-11-19-15/h6-7,10,13-14,17H,2-5,8-9,11H2,1H3/p+1/t13-,14-/m1/s1. The molecule has 0 spiro atoms. The summed E-state index contributed by atoms with van der Waals surface area (Å²) in [7, 11) is 1.84. The number of fused-ring (bicyclic) bond motifs is 1. The van der Waals surface area contributed by atoms with E-state index in [1.165, 1.54) is 31.2 Å². The van der Waals surface area contributed by atoms with Gasteiger partial charge in [-0.15, -0.1) is 0 Å². The molecule has 0 saturated heterocycles. The van der Waals surface area contributed by atoms with E-state index >= 15 is 0 Å². The summed E-state index contributed by atoms with van der Waals surface area (Å²) in [6, 6.07) is 6.87. The highest BCUT2D eigenvalue weighted by Crippen LogP contribution is 2.32. The number of benzene rings is 1. The van der Waals surface area contributed by atoms with Crippen LogP contribution < -0.4 is 14.8 Å². The average Bonchev–Trinajstić information content (AvgIpc) is 2.95. The lowest BCUT2D eigenvalue weighted by atomic mass is 9.92. The molecule has 2 N–H and O–H groups in total. The Labute approximate surface area is 120 Å². The highest BCUT2D eigenvalue weighted by Gasteiger charge is 2.27. The molecule has 1 aromatic rings. The maximum atomic E-state index is 5.60. The first-order chi connectivity index (χ1) is 9.86. The molecular formula is C16H24NO3+. The molecule has 4 heteroatoms. The van der Waals surface area contributed by atoms with Crippen molar-refractivity contribution in [2.45, 2.75) is 44.2 Å². The van der Waals surface area contributed by atoms with E-state index < -0.39 is 0 Å². The molecule has 0 unspecified atom stereocenters. The van der Waals surface area contributed by atoms with Gasteiger partial charge in [0.15, 0.2) is 11.5 Å². The van der Waals surface area contributed by atoms with Crippen LogP contribution in [0.15, 0.2) is 18.2 Å². The SMILES string of the molecule is CO[C@@H]1CCCC[C@H]1[NH2+]CCc1ccc2c(c1)OCO2. The van der Waals surface area contributed by atoms with Crippen LogP contribution in [0.4, 0.5) is 0 Å². The predicted octanol–water partition coefficient (Wildman–Crippen LogP) is 1.48. The van der Waals surface area contributed by atoms with Gasteiger partial charge in [0.2, 0.25) is 6.79 Å². The van der Waals surface area contributed by atoms with Gasteiger partial charge in [-0.25, -0.2) is 0 Å². The van der Waals surface area contributed by atoms with Crippen molar-refractivity contribution in [3.8, 4) is 11.5 Å². The fraction of sp³-hybridized carbons (Fsp3) is 0.625. The molecule has 1 fully saturated rings. The number of methoxy groups -OCH3 is 1. The van der Waals surface area contributed by atoms with Crippen LogP contribution >= 0.6 is 0 Å². The van der Waals surface area contributed by atoms with Gasteiger partial charge in [0.1, 0.15) is 12.1 Å². The Kier molecular flexibility index (Phi) is 4.43. The summed E-state index contributed by atoms with van der Waals surface area (Å²) in [4.78, 5) is 0. The van der Waals surface area contributed by atoms with Crippen molar-refractivity contribution in [1.82, 2.24) is 0 Å². The van der Waals surface area contributed by atoms with Crippen LogP contribution in [-0.4, -0.2) is 32.6 Å². The van der Waals surface area contributed by atoms with Crippen LogP contribution in [0.3, 0.4) is 0 Å². The van der Waals surface area contributed by atoms with E-state index in [0.29, 0.717) is 18.9 Å². The highest BCUT2D eigenvalue weighted by atomic mass is 16.7. The van der Waals surface area contributed by atoms with Crippen LogP contribution in [0, 0.1) is 0 Å². The Morgan fingerprint density at radius 3 is 2.95 bits per heavy atom. The number of quaternary nitrogens is 1. The van der Waals surface area contributed by atoms with E-state index in [1.54, 1.807) is 0 Å². The second kappa shape index (κ2) is 6.46. The number of hydrogen-bond donors (Lipinski definition) is 1. The second-order valence-corrected chi connectivity index (χ2v) is 5.68. The largest absolute Gasteiger partial charge is 0.454 e. The van der Waals surface area contributed by atoms with Crippen LogP contribution in [0.5, 0.6) is 11.5 Å². The van der Waals surface area contributed by atoms with Crippen molar-refractivity contribution in [2.24, 2.45) is 0 Å². The molecule has 2 atom stereocenters. The average molecular weight is 278 g/mol. The molecule has 2 aliphatic rings. The minimum atomic E-state index is 0.350. The van der Waals surface area contributed by atoms with Crippen LogP contribution in [0.25, 0.3) is 0 Å². The molecule has 0 bridgehead atoms. The topological polar surface area (TPSA) is 44.3 Å². The maximum Gasteiger partial charge on any atom is 0.231 e. The zero-order valence-electron chi connectivity index (χ0n) is 12.1. The third kappa shape index (κ3) is 3.07. The normalized spacial score (nSPS) is 24.9. The molecule has 1 saturated carbocycles. The third-order valence-electron chi connectivity index (χ3n) is 4.40. The zero-order valence-corrected chi connectivity index (χ0v) is 12.1. The van der Waals surface area contributed by atoms with Gasteiger partial charge in [-0.2, -0.15) is 0 Å². The van der Waals surface area contributed by atoms with Crippen LogP contribution in [0.2, 0.25) is 0 Å². The van der Waals surface area contributed by atoms with Crippen molar-refractivity contribution in [3.63, 3.8) is 0 Å². The molecule has 4 nitrogen and oxygen atoms in total. The van der Waals surface area contributed by atoms with Gasteiger partial charge in [0.25, 0.3) is 0 Å². The summed E-state index contributed by atoms with van der Waals surface area (Å²) < 4.78 is 16.4. The van der Waals surface area contributed by atoms with Crippen molar-refractivity contribution in [2.75, 3.05) is 20.4 Å². The minimum absolute atomic E-state index is 0.350. The van der Waals surface area contributed by atoms with E-state index in [1.807, 2.05) is 13.2 Å². The summed E-state index contributed by atoms with van der Waals surface area (Å²) >= 11 is 0. The Balaban J connectivity index is 1.49. The molecule has 1 heterocycles. The lowest BCUT2D eigenvalue weighted by Gasteiger charge is -2.28. The third-order valence-corrected chi connectivity index (χ3v) is 4.40. The quantitative estimate of drug-likeness (QED) is 0.887. The smallest absolute Gasteiger partial charge is 0.231 e. The number of rotatable bonds is 5. The van der Waals surface area contributed by atoms with E-state index in [-0.39, 0.29) is 0 Å². The molecule has 0 amide bonds. The van der Waals surface area contributed by atoms with Crippen LogP contribution in [0.1, 0.15) is 31.2 Å². The molecule has 0 aromatic heterocycles. The monoisotopic (exact) mass is 278 g/mol. The van der Waals surface area contributed by atoms with Gasteiger partial charge < -0.3 is 19.5 Å². The number of hydrogen-bond acceptors (Lipinski definition) is 3. The number of nitrogens with two attached hydrogens (primary N) is 1. The summed E-state index contributed by atoms with van der Waals surface area (Å²) in [5.41, 5.74) is 1.32. The Morgan fingerprint density at radius 2 is 2.05 bits per heavy atom. The number of ether oxygens (including phenoxy) is 3. The Morgan fingerprint density at radius 1 is 1.20 bits per heavy atom. The van der Waals surface area contributed by atoms with Crippen molar-refractivity contribution >= 4 is 0 Å². The maximum absolute atomic E-state index is 5.60. The van der Waals surface area contributed by atoms with Gasteiger partial charge in [0, 0.05) is 20.0 Å². The van der Waals surface area contributed by atoms with Crippen molar-refractivity contribution < 1.29 is 19.5 Å². The van der Waals surface area contributed by atoms with Crippen molar-refractivity contribution in [3.05, 3.63) is 23.8 Å². The lowest BCUT2D eigenvalue weighted by molar-refractivity contribution is -0.698. The molecule has 110 valence electrons. The van der Waals surface area contributed by atoms with Gasteiger partial charge in [-0.1, -0.05) is 12.5 Å². The Hall–Kier alpha value is -1.26. The first kappa shape index (κ1) is 13.7. The van der Waals surface area contributed by atoms with Crippen molar-refractivity contribution in [1.29, 1.82) is 0 Å². The fourth-order valence-corrected chi connectivity index (χ4v) is 3.25. The van der Waals surface area contributed by atoms with Gasteiger partial charge >= 0.3 is 0 Å². The van der Waals surface area contributed by atoms with Gasteiger partial charge in [-0.05, 0) is 30.5 Å². The summed E-state index contributed by atoms with van der Waals surface area (Å²) in [6.07, 6.45) is 6.63. The highest BCUT2D eigenvalue weighted by molar-refractivity contribution is 5.44. The summed E-state index contributed by atoms with van der Waals surface area (Å²) in [5.74, 6) is 1.75. The van der Waals surface area contributed by atoms with E-state index in [9.17, 15) is 0 Å². The fourth-order valence-electron chi connectivity index (χ4n) is 3.25. The first-order valence-corrected chi connectivity index (χ1v) is 7.61. The minimum Gasteiger partial charge on any atom is -0.454 e. The zero-order chi connectivity index (χ0) is 13.8. The molecule has 1 aromatic carbocycles. The first-order valence-electron chi connectivity index (χ1n) is 7.61. The lowest BCUT2D eigenvalue weighted by Crippen LogP contribution is -2.93. The second-order valence-electron chi connectivity index (χ2n) is 5.68. The van der Waals surface area contributed by atoms with Gasteiger partial charge in [-0.3, -0.25) is 0 Å². The van der Waals surface area contributed by atoms with Crippen LogP contribution in [-0.2, 0) is 11.2 Å². The predicted molar refractivity (Wildman–Crippen MR) is 76.1 cm³/mol. The Bertz CT molecular complexity index is 449. The molecule has 1 aliphatic carbocycles. The van der Waals surface area contributed by atoms with E-state index in [2.05, 4.69) is 17.4 Å². The van der Waals surface area contributed by atoms with E-state index in [4.69, 9.17) is 14.2 Å². The summed E-state index contributed by atoms with van der Waals surface area (Å²) in [6.45, 7) is 1.45. The molecule has 0 radical (unpaired) electrons. The molecular weight excluding hydrogens is 254 g/mol. The molecule has 20 heavy (non-hydrogen) atoms. The summed E-state index contributed by atoms with van der Waals surface area (Å²) in [5, 5.41) is 2.46.